The summed E-state index contributed by atoms with van der Waals surface area (Å²) < 4.78 is 5.47. The first-order valence-corrected chi connectivity index (χ1v) is 12.7. The van der Waals surface area contributed by atoms with Gasteiger partial charge in [0.2, 0.25) is 5.95 Å². The number of nitrogens with zero attached hydrogens (tertiary/aromatic N) is 6. The molecule has 5 rings (SSSR count). The van der Waals surface area contributed by atoms with Crippen molar-refractivity contribution in [1.82, 2.24) is 15.0 Å². The summed E-state index contributed by atoms with van der Waals surface area (Å²) in [6.07, 6.45) is 4.14. The van der Waals surface area contributed by atoms with Crippen molar-refractivity contribution in [1.29, 1.82) is 0 Å². The Bertz CT molecular complexity index is 1200. The van der Waals surface area contributed by atoms with Crippen LogP contribution in [0.3, 0.4) is 0 Å². The number of aromatic nitrogens is 3. The zero-order valence-corrected chi connectivity index (χ0v) is 21.7. The van der Waals surface area contributed by atoms with E-state index in [0.29, 0.717) is 11.1 Å². The molecule has 2 aliphatic heterocycles. The Balaban J connectivity index is 1.49. The molecule has 0 spiro atoms. The Kier molecular flexibility index (Phi) is 6.69. The molecule has 1 aromatic carbocycles. The topological polar surface area (TPSA) is 57.6 Å². The second-order valence-corrected chi connectivity index (χ2v) is 9.98. The highest BCUT2D eigenvalue weighted by molar-refractivity contribution is 6.32. The smallest absolute Gasteiger partial charge is 0.228 e. The van der Waals surface area contributed by atoms with Crippen molar-refractivity contribution in [2.24, 2.45) is 0 Å². The fraction of sp³-hybridized carbons (Fsp3) is 0.444. The van der Waals surface area contributed by atoms with E-state index in [2.05, 4.69) is 58.7 Å². The van der Waals surface area contributed by atoms with Gasteiger partial charge in [-0.3, -0.25) is 0 Å². The molecule has 3 aromatic rings. The SMILES string of the molecule is COc1ccc(-c2cc(N3CCN(c4ncccc4Cl)CC3C)nc(N3CCCC3C)n2)cc1C. The minimum Gasteiger partial charge on any atom is -0.496 e. The molecule has 0 bridgehead atoms. The largest absolute Gasteiger partial charge is 0.496 e. The van der Waals surface area contributed by atoms with Gasteiger partial charge in [0.25, 0.3) is 0 Å². The van der Waals surface area contributed by atoms with Crippen LogP contribution in [0.4, 0.5) is 17.6 Å². The number of ether oxygens (including phenoxy) is 1. The van der Waals surface area contributed by atoms with Gasteiger partial charge in [-0.25, -0.2) is 9.97 Å². The average Bonchev–Trinajstić information content (AvgIpc) is 3.29. The number of piperazine rings is 1. The van der Waals surface area contributed by atoms with Gasteiger partial charge in [-0.15, -0.1) is 0 Å². The molecule has 184 valence electrons. The summed E-state index contributed by atoms with van der Waals surface area (Å²) in [4.78, 5) is 21.6. The van der Waals surface area contributed by atoms with E-state index in [1.165, 1.54) is 12.8 Å². The van der Waals surface area contributed by atoms with E-state index in [-0.39, 0.29) is 6.04 Å². The molecule has 0 aliphatic carbocycles. The first kappa shape index (κ1) is 23.7. The highest BCUT2D eigenvalue weighted by atomic mass is 35.5. The summed E-state index contributed by atoms with van der Waals surface area (Å²) in [7, 11) is 1.71. The molecule has 0 saturated carbocycles. The molecule has 0 N–H and O–H groups in total. The average molecular weight is 493 g/mol. The molecule has 2 aromatic heterocycles. The zero-order valence-electron chi connectivity index (χ0n) is 20.9. The van der Waals surface area contributed by atoms with Crippen LogP contribution in [0.15, 0.2) is 42.6 Å². The molecular weight excluding hydrogens is 460 g/mol. The molecule has 4 heterocycles. The third kappa shape index (κ3) is 4.74. The highest BCUT2D eigenvalue weighted by Gasteiger charge is 2.29. The Morgan fingerprint density at radius 1 is 1.00 bits per heavy atom. The second kappa shape index (κ2) is 9.90. The van der Waals surface area contributed by atoms with Crippen molar-refractivity contribution >= 4 is 29.2 Å². The molecule has 2 aliphatic rings. The van der Waals surface area contributed by atoms with Crippen molar-refractivity contribution in [3.05, 3.63) is 53.2 Å². The predicted octanol–water partition coefficient (Wildman–Crippen LogP) is 5.21. The van der Waals surface area contributed by atoms with E-state index in [4.69, 9.17) is 26.3 Å². The van der Waals surface area contributed by atoms with Crippen LogP contribution >= 0.6 is 11.6 Å². The van der Waals surface area contributed by atoms with Crippen LogP contribution in [-0.2, 0) is 0 Å². The Labute approximate surface area is 212 Å². The van der Waals surface area contributed by atoms with Crippen LogP contribution in [-0.4, -0.2) is 60.3 Å². The van der Waals surface area contributed by atoms with Gasteiger partial charge in [0.1, 0.15) is 17.4 Å². The van der Waals surface area contributed by atoms with Gasteiger partial charge < -0.3 is 19.4 Å². The number of pyridine rings is 1. The number of methoxy groups -OCH3 is 1. The van der Waals surface area contributed by atoms with Gasteiger partial charge in [-0.1, -0.05) is 11.6 Å². The van der Waals surface area contributed by atoms with Crippen LogP contribution < -0.4 is 19.4 Å². The van der Waals surface area contributed by atoms with Gasteiger partial charge in [0.05, 0.1) is 17.8 Å². The van der Waals surface area contributed by atoms with Gasteiger partial charge in [0.15, 0.2) is 0 Å². The number of halogens is 1. The summed E-state index contributed by atoms with van der Waals surface area (Å²) in [5.74, 6) is 3.52. The Morgan fingerprint density at radius 3 is 2.54 bits per heavy atom. The van der Waals surface area contributed by atoms with Gasteiger partial charge in [0, 0.05) is 56.1 Å². The maximum atomic E-state index is 6.44. The van der Waals surface area contributed by atoms with E-state index in [1.54, 1.807) is 13.3 Å². The Morgan fingerprint density at radius 2 is 1.86 bits per heavy atom. The van der Waals surface area contributed by atoms with Crippen molar-refractivity contribution in [3.63, 3.8) is 0 Å². The van der Waals surface area contributed by atoms with E-state index in [1.807, 2.05) is 18.2 Å². The summed E-state index contributed by atoms with van der Waals surface area (Å²) >= 11 is 6.44. The predicted molar refractivity (Wildman–Crippen MR) is 143 cm³/mol. The maximum Gasteiger partial charge on any atom is 0.228 e. The summed E-state index contributed by atoms with van der Waals surface area (Å²) in [5.41, 5.74) is 3.11. The molecule has 0 amide bonds. The molecule has 0 radical (unpaired) electrons. The van der Waals surface area contributed by atoms with E-state index < -0.39 is 0 Å². The lowest BCUT2D eigenvalue weighted by molar-refractivity contribution is 0.412. The highest BCUT2D eigenvalue weighted by Crippen LogP contribution is 2.33. The summed E-state index contributed by atoms with van der Waals surface area (Å²) in [6, 6.07) is 12.8. The second-order valence-electron chi connectivity index (χ2n) is 9.58. The molecule has 2 atom stereocenters. The number of rotatable bonds is 5. The molecule has 2 unspecified atom stereocenters. The van der Waals surface area contributed by atoms with Crippen molar-refractivity contribution in [2.45, 2.75) is 45.7 Å². The standard InChI is InChI=1S/C27H33ClN6O/c1-18-15-21(9-10-24(18)35-4)23-16-25(31-27(30-23)34-12-6-7-19(34)2)33-14-13-32(17-20(33)3)26-22(28)8-5-11-29-26/h5,8-11,15-16,19-20H,6-7,12-14,17H2,1-4H3. The van der Waals surface area contributed by atoms with Crippen molar-refractivity contribution in [2.75, 3.05) is 48.0 Å². The first-order chi connectivity index (χ1) is 16.9. The lowest BCUT2D eigenvalue weighted by Crippen LogP contribution is -2.52. The van der Waals surface area contributed by atoms with Crippen LogP contribution in [0.1, 0.15) is 32.3 Å². The van der Waals surface area contributed by atoms with Gasteiger partial charge >= 0.3 is 0 Å². The van der Waals surface area contributed by atoms with Crippen molar-refractivity contribution in [3.8, 4) is 17.0 Å². The third-order valence-electron chi connectivity index (χ3n) is 7.16. The fourth-order valence-electron chi connectivity index (χ4n) is 5.21. The number of hydrogen-bond acceptors (Lipinski definition) is 7. The van der Waals surface area contributed by atoms with Crippen LogP contribution in [0.25, 0.3) is 11.3 Å². The minimum atomic E-state index is 0.242. The quantitative estimate of drug-likeness (QED) is 0.484. The number of hydrogen-bond donors (Lipinski definition) is 0. The van der Waals surface area contributed by atoms with Gasteiger partial charge in [-0.05, 0) is 69.5 Å². The third-order valence-corrected chi connectivity index (χ3v) is 7.46. The van der Waals surface area contributed by atoms with E-state index in [0.717, 1.165) is 66.3 Å². The zero-order chi connectivity index (χ0) is 24.5. The number of anilines is 3. The maximum absolute atomic E-state index is 6.44. The number of benzene rings is 1. The normalized spacial score (nSPS) is 20.4. The van der Waals surface area contributed by atoms with Crippen LogP contribution in [0, 0.1) is 6.92 Å². The monoisotopic (exact) mass is 492 g/mol. The summed E-state index contributed by atoms with van der Waals surface area (Å²) in [5, 5.41) is 0.692. The molecular formula is C27H33ClN6O. The number of aryl methyl sites for hydroxylation is 1. The molecule has 7 nitrogen and oxygen atoms in total. The van der Waals surface area contributed by atoms with E-state index in [9.17, 15) is 0 Å². The Hall–Kier alpha value is -3.06. The molecule has 8 heteroatoms. The molecule has 35 heavy (non-hydrogen) atoms. The molecule has 2 fully saturated rings. The fourth-order valence-corrected chi connectivity index (χ4v) is 5.46. The minimum absolute atomic E-state index is 0.242. The van der Waals surface area contributed by atoms with Crippen LogP contribution in [0.2, 0.25) is 5.02 Å². The summed E-state index contributed by atoms with van der Waals surface area (Å²) in [6.45, 7) is 10.1. The lowest BCUT2D eigenvalue weighted by Gasteiger charge is -2.41. The van der Waals surface area contributed by atoms with E-state index >= 15 is 0 Å². The van der Waals surface area contributed by atoms with Crippen molar-refractivity contribution < 1.29 is 4.74 Å². The van der Waals surface area contributed by atoms with Crippen LogP contribution in [0.5, 0.6) is 5.75 Å². The lowest BCUT2D eigenvalue weighted by atomic mass is 10.1. The molecule has 2 saturated heterocycles. The van der Waals surface area contributed by atoms with Gasteiger partial charge in [-0.2, -0.15) is 4.98 Å². The first-order valence-electron chi connectivity index (χ1n) is 12.4.